The molecule has 4 heteroatoms. The van der Waals surface area contributed by atoms with Crippen LogP contribution in [0.2, 0.25) is 0 Å². The van der Waals surface area contributed by atoms with Crippen LogP contribution in [0.15, 0.2) is 12.1 Å². The molecule has 0 unspecified atom stereocenters. The van der Waals surface area contributed by atoms with Crippen molar-refractivity contribution in [2.75, 3.05) is 0 Å². The zero-order chi connectivity index (χ0) is 11.6. The van der Waals surface area contributed by atoms with Crippen LogP contribution < -0.4 is 0 Å². The van der Waals surface area contributed by atoms with Gasteiger partial charge < -0.3 is 5.11 Å². The van der Waals surface area contributed by atoms with Crippen LogP contribution in [0.1, 0.15) is 31.8 Å². The Labute approximate surface area is 86.5 Å². The summed E-state index contributed by atoms with van der Waals surface area (Å²) in [5.41, 5.74) is 1.69. The monoisotopic (exact) mass is 206 g/mol. The second-order valence-corrected chi connectivity index (χ2v) is 3.28. The van der Waals surface area contributed by atoms with E-state index < -0.39 is 11.8 Å². The van der Waals surface area contributed by atoms with Crippen molar-refractivity contribution in [1.82, 2.24) is 0 Å². The van der Waals surface area contributed by atoms with Crippen LogP contribution in [0.5, 0.6) is 0 Å². The summed E-state index contributed by atoms with van der Waals surface area (Å²) in [6.45, 7) is 3.54. The van der Waals surface area contributed by atoms with Crippen molar-refractivity contribution in [2.24, 2.45) is 0 Å². The molecule has 1 aromatic carbocycles. The number of rotatable bonds is 3. The van der Waals surface area contributed by atoms with Crippen LogP contribution in [0, 0.1) is 13.8 Å². The quantitative estimate of drug-likeness (QED) is 0.460. The number of Topliss-reactive ketones (excluding diaryl/α,β-unsaturated/α-hetero) is 1. The molecule has 0 spiro atoms. The van der Waals surface area contributed by atoms with Crippen molar-refractivity contribution < 1.29 is 19.5 Å². The van der Waals surface area contributed by atoms with Crippen molar-refractivity contribution >= 4 is 18.0 Å². The third kappa shape index (κ3) is 2.10. The number of aliphatic carboxylic acids is 1. The number of hydrogen-bond donors (Lipinski definition) is 1. The third-order valence-electron chi connectivity index (χ3n) is 2.23. The molecule has 0 saturated carbocycles. The van der Waals surface area contributed by atoms with Crippen LogP contribution in [0.25, 0.3) is 0 Å². The van der Waals surface area contributed by atoms with E-state index in [9.17, 15) is 14.4 Å². The Morgan fingerprint density at radius 3 is 2.20 bits per heavy atom. The number of hydrogen-bond acceptors (Lipinski definition) is 3. The van der Waals surface area contributed by atoms with Crippen molar-refractivity contribution in [3.8, 4) is 0 Å². The highest BCUT2D eigenvalue weighted by Crippen LogP contribution is 2.15. The summed E-state index contributed by atoms with van der Waals surface area (Å²) in [6.07, 6.45) is 0.489. The van der Waals surface area contributed by atoms with Gasteiger partial charge in [-0.25, -0.2) is 4.79 Å². The predicted molar refractivity (Wildman–Crippen MR) is 53.3 cm³/mol. The summed E-state index contributed by atoms with van der Waals surface area (Å²) in [4.78, 5) is 32.4. The molecule has 78 valence electrons. The van der Waals surface area contributed by atoms with E-state index >= 15 is 0 Å². The normalized spacial score (nSPS) is 9.73. The van der Waals surface area contributed by atoms with E-state index in [0.29, 0.717) is 6.29 Å². The fourth-order valence-electron chi connectivity index (χ4n) is 1.25. The lowest BCUT2D eigenvalue weighted by atomic mass is 9.98. The first-order valence-electron chi connectivity index (χ1n) is 4.31. The van der Waals surface area contributed by atoms with E-state index in [0.717, 1.165) is 11.1 Å². The van der Waals surface area contributed by atoms with Crippen LogP contribution in [0.3, 0.4) is 0 Å². The molecule has 0 saturated heterocycles. The second kappa shape index (κ2) is 4.04. The number of carbonyl (C=O) groups excluding carboxylic acids is 2. The topological polar surface area (TPSA) is 71.4 Å². The van der Waals surface area contributed by atoms with E-state index in [1.807, 2.05) is 0 Å². The standard InChI is InChI=1S/C11H10O4/c1-6-3-8(5-12)9(4-7(6)2)10(13)11(14)15/h3-5H,1-2H3,(H,14,15). The summed E-state index contributed by atoms with van der Waals surface area (Å²) in [5, 5.41) is 8.55. The molecule has 0 amide bonds. The Hall–Kier alpha value is -1.97. The minimum Gasteiger partial charge on any atom is -0.475 e. The molecule has 15 heavy (non-hydrogen) atoms. The molecular formula is C11H10O4. The first-order valence-corrected chi connectivity index (χ1v) is 4.31. The summed E-state index contributed by atoms with van der Waals surface area (Å²) in [5.74, 6) is -2.61. The zero-order valence-corrected chi connectivity index (χ0v) is 8.40. The third-order valence-corrected chi connectivity index (χ3v) is 2.23. The molecule has 0 fully saturated rings. The molecule has 0 aliphatic heterocycles. The molecule has 0 aliphatic carbocycles. The van der Waals surface area contributed by atoms with Gasteiger partial charge in [-0.1, -0.05) is 0 Å². The summed E-state index contributed by atoms with van der Waals surface area (Å²) in [7, 11) is 0. The number of benzene rings is 1. The highest BCUT2D eigenvalue weighted by atomic mass is 16.4. The van der Waals surface area contributed by atoms with Gasteiger partial charge in [-0.3, -0.25) is 9.59 Å². The lowest BCUT2D eigenvalue weighted by Gasteiger charge is -2.05. The fourth-order valence-corrected chi connectivity index (χ4v) is 1.25. The van der Waals surface area contributed by atoms with E-state index in [-0.39, 0.29) is 11.1 Å². The van der Waals surface area contributed by atoms with E-state index in [4.69, 9.17) is 5.11 Å². The van der Waals surface area contributed by atoms with Gasteiger partial charge in [0.1, 0.15) is 0 Å². The molecular weight excluding hydrogens is 196 g/mol. The summed E-state index contributed by atoms with van der Waals surface area (Å²) in [6, 6.07) is 2.94. The van der Waals surface area contributed by atoms with Gasteiger partial charge in [0, 0.05) is 11.1 Å². The number of carboxylic acids is 1. The number of carboxylic acid groups (broad SMARTS) is 1. The molecule has 0 atom stereocenters. The van der Waals surface area contributed by atoms with Crippen LogP contribution in [-0.2, 0) is 4.79 Å². The number of ketones is 1. The van der Waals surface area contributed by atoms with Crippen LogP contribution in [0.4, 0.5) is 0 Å². The van der Waals surface area contributed by atoms with Crippen molar-refractivity contribution in [2.45, 2.75) is 13.8 Å². The lowest BCUT2D eigenvalue weighted by molar-refractivity contribution is -0.131. The maximum atomic E-state index is 11.2. The fraction of sp³-hybridized carbons (Fsp3) is 0.182. The average molecular weight is 206 g/mol. The Morgan fingerprint density at radius 2 is 1.73 bits per heavy atom. The van der Waals surface area contributed by atoms with E-state index in [1.165, 1.54) is 12.1 Å². The van der Waals surface area contributed by atoms with Gasteiger partial charge in [0.2, 0.25) is 0 Å². The SMILES string of the molecule is Cc1cc(C=O)c(C(=O)C(=O)O)cc1C. The molecule has 0 radical (unpaired) electrons. The molecule has 0 bridgehead atoms. The highest BCUT2D eigenvalue weighted by molar-refractivity contribution is 6.41. The molecule has 0 aliphatic rings. The van der Waals surface area contributed by atoms with Crippen molar-refractivity contribution in [3.05, 3.63) is 34.4 Å². The summed E-state index contributed by atoms with van der Waals surface area (Å²) >= 11 is 0. The van der Waals surface area contributed by atoms with E-state index in [1.54, 1.807) is 13.8 Å². The Balaban J connectivity index is 3.40. The average Bonchev–Trinajstić information content (AvgIpc) is 2.20. The maximum Gasteiger partial charge on any atom is 0.377 e. The molecule has 0 aromatic heterocycles. The van der Waals surface area contributed by atoms with Gasteiger partial charge in [0.25, 0.3) is 5.78 Å². The largest absolute Gasteiger partial charge is 0.475 e. The van der Waals surface area contributed by atoms with Crippen molar-refractivity contribution in [1.29, 1.82) is 0 Å². The Kier molecular flexibility index (Phi) is 2.99. The highest BCUT2D eigenvalue weighted by Gasteiger charge is 2.18. The summed E-state index contributed by atoms with van der Waals surface area (Å²) < 4.78 is 0. The molecule has 0 heterocycles. The Morgan fingerprint density at radius 1 is 1.20 bits per heavy atom. The second-order valence-electron chi connectivity index (χ2n) is 3.28. The van der Waals surface area contributed by atoms with Gasteiger partial charge in [-0.15, -0.1) is 0 Å². The smallest absolute Gasteiger partial charge is 0.377 e. The van der Waals surface area contributed by atoms with Crippen LogP contribution >= 0.6 is 0 Å². The molecule has 4 nitrogen and oxygen atoms in total. The van der Waals surface area contributed by atoms with Gasteiger partial charge >= 0.3 is 5.97 Å². The van der Waals surface area contributed by atoms with Crippen molar-refractivity contribution in [3.63, 3.8) is 0 Å². The molecule has 1 rings (SSSR count). The minimum absolute atomic E-state index is 0.0550. The van der Waals surface area contributed by atoms with Gasteiger partial charge in [-0.2, -0.15) is 0 Å². The number of carbonyl (C=O) groups is 3. The first kappa shape index (κ1) is 11.1. The molecule has 1 N–H and O–H groups in total. The predicted octanol–water partition coefficient (Wildman–Crippen LogP) is 1.38. The van der Waals surface area contributed by atoms with Gasteiger partial charge in [0.15, 0.2) is 6.29 Å². The maximum absolute atomic E-state index is 11.2. The first-order chi connectivity index (χ1) is 6.97. The number of aryl methyl sites for hydroxylation is 2. The number of aldehydes is 1. The Bertz CT molecular complexity index is 446. The van der Waals surface area contributed by atoms with Gasteiger partial charge in [-0.05, 0) is 37.1 Å². The minimum atomic E-state index is -1.55. The lowest BCUT2D eigenvalue weighted by Crippen LogP contribution is -2.15. The zero-order valence-electron chi connectivity index (χ0n) is 8.40. The van der Waals surface area contributed by atoms with Crippen LogP contribution in [-0.4, -0.2) is 23.1 Å². The molecule has 1 aromatic rings. The van der Waals surface area contributed by atoms with E-state index in [2.05, 4.69) is 0 Å². The van der Waals surface area contributed by atoms with Gasteiger partial charge in [0.05, 0.1) is 0 Å².